The molecule has 0 aliphatic carbocycles. The molecule has 0 unspecified atom stereocenters. The van der Waals surface area contributed by atoms with Gasteiger partial charge in [0.1, 0.15) is 5.69 Å². The van der Waals surface area contributed by atoms with Crippen LogP contribution in [0.15, 0.2) is 59.6 Å². The SMILES string of the molecule is Cc1nn2c(-c3ccccc3)c(S(C)(=O)=O)nnc2c1-c1cccc(Cl)c1. The van der Waals surface area contributed by atoms with Crippen LogP contribution in [-0.4, -0.2) is 34.5 Å². The highest BCUT2D eigenvalue weighted by Gasteiger charge is 2.24. The maximum Gasteiger partial charge on any atom is 0.203 e. The highest BCUT2D eigenvalue weighted by Crippen LogP contribution is 2.33. The van der Waals surface area contributed by atoms with E-state index in [1.54, 1.807) is 10.6 Å². The first-order valence-electron chi connectivity index (χ1n) is 8.13. The molecule has 0 amide bonds. The lowest BCUT2D eigenvalue weighted by molar-refractivity contribution is 0.595. The van der Waals surface area contributed by atoms with E-state index in [0.29, 0.717) is 27.6 Å². The second-order valence-electron chi connectivity index (χ2n) is 6.20. The van der Waals surface area contributed by atoms with Crippen LogP contribution in [0.1, 0.15) is 5.69 Å². The molecular formula is C19H15ClN4O2S. The van der Waals surface area contributed by atoms with Crippen LogP contribution in [-0.2, 0) is 9.84 Å². The first-order valence-corrected chi connectivity index (χ1v) is 10.4. The molecule has 6 nitrogen and oxygen atoms in total. The Balaban J connectivity index is 2.12. The summed E-state index contributed by atoms with van der Waals surface area (Å²) in [6.07, 6.45) is 1.11. The fourth-order valence-electron chi connectivity index (χ4n) is 3.07. The Morgan fingerprint density at radius 2 is 1.67 bits per heavy atom. The van der Waals surface area contributed by atoms with Crippen LogP contribution in [0.3, 0.4) is 0 Å². The van der Waals surface area contributed by atoms with E-state index in [1.165, 1.54) is 0 Å². The molecule has 0 bridgehead atoms. The number of sulfone groups is 1. The summed E-state index contributed by atoms with van der Waals surface area (Å²) in [7, 11) is -3.60. The van der Waals surface area contributed by atoms with Crippen molar-refractivity contribution in [2.45, 2.75) is 11.9 Å². The molecule has 0 spiro atoms. The van der Waals surface area contributed by atoms with Gasteiger partial charge in [-0.3, -0.25) is 0 Å². The maximum absolute atomic E-state index is 12.3. The Morgan fingerprint density at radius 3 is 2.33 bits per heavy atom. The van der Waals surface area contributed by atoms with Crippen molar-refractivity contribution < 1.29 is 8.42 Å². The number of halogens is 1. The van der Waals surface area contributed by atoms with Crippen molar-refractivity contribution in [1.82, 2.24) is 19.8 Å². The summed E-state index contributed by atoms with van der Waals surface area (Å²) < 4.78 is 26.2. The summed E-state index contributed by atoms with van der Waals surface area (Å²) >= 11 is 6.13. The summed E-state index contributed by atoms with van der Waals surface area (Å²) in [6, 6.07) is 16.5. The minimum atomic E-state index is -3.60. The molecule has 0 radical (unpaired) electrons. The standard InChI is InChI=1S/C19H15ClN4O2S/c1-12-16(14-9-6-10-15(20)11-14)18-21-22-19(27(2,25)26)17(24(18)23-12)13-7-4-3-5-8-13/h3-11H,1-2H3. The zero-order valence-electron chi connectivity index (χ0n) is 14.6. The molecule has 0 fully saturated rings. The van der Waals surface area contributed by atoms with Crippen molar-refractivity contribution in [3.05, 3.63) is 65.3 Å². The lowest BCUT2D eigenvalue weighted by Crippen LogP contribution is -2.10. The predicted molar refractivity (Wildman–Crippen MR) is 105 cm³/mol. The average molecular weight is 399 g/mol. The molecule has 0 N–H and O–H groups in total. The Hall–Kier alpha value is -2.77. The second-order valence-corrected chi connectivity index (χ2v) is 8.57. The molecule has 2 aromatic carbocycles. The molecule has 0 saturated carbocycles. The van der Waals surface area contributed by atoms with E-state index in [4.69, 9.17) is 11.6 Å². The minimum absolute atomic E-state index is 0.110. The largest absolute Gasteiger partial charge is 0.222 e. The van der Waals surface area contributed by atoms with Gasteiger partial charge in [0.15, 0.2) is 15.5 Å². The minimum Gasteiger partial charge on any atom is -0.222 e. The Kier molecular flexibility index (Phi) is 4.20. The number of benzene rings is 2. The van der Waals surface area contributed by atoms with Crippen LogP contribution in [0.4, 0.5) is 0 Å². The van der Waals surface area contributed by atoms with Crippen LogP contribution in [0, 0.1) is 6.92 Å². The van der Waals surface area contributed by atoms with Gasteiger partial charge in [-0.25, -0.2) is 12.9 Å². The van der Waals surface area contributed by atoms with E-state index in [2.05, 4.69) is 15.3 Å². The Labute approximate surface area is 161 Å². The third-order valence-corrected chi connectivity index (χ3v) is 5.41. The monoisotopic (exact) mass is 398 g/mol. The second kappa shape index (κ2) is 6.44. The van der Waals surface area contributed by atoms with Gasteiger partial charge in [0.25, 0.3) is 0 Å². The Morgan fingerprint density at radius 1 is 0.963 bits per heavy atom. The van der Waals surface area contributed by atoms with Crippen molar-refractivity contribution in [2.75, 3.05) is 6.26 Å². The smallest absolute Gasteiger partial charge is 0.203 e. The van der Waals surface area contributed by atoms with Gasteiger partial charge in [0, 0.05) is 16.8 Å². The van der Waals surface area contributed by atoms with Crippen LogP contribution < -0.4 is 0 Å². The maximum atomic E-state index is 12.3. The van der Waals surface area contributed by atoms with E-state index < -0.39 is 9.84 Å². The van der Waals surface area contributed by atoms with E-state index in [0.717, 1.165) is 17.4 Å². The molecule has 4 aromatic rings. The normalized spacial score (nSPS) is 11.8. The quantitative estimate of drug-likeness (QED) is 0.524. The van der Waals surface area contributed by atoms with Gasteiger partial charge in [-0.1, -0.05) is 54.1 Å². The first kappa shape index (κ1) is 17.6. The van der Waals surface area contributed by atoms with Crippen molar-refractivity contribution in [3.8, 4) is 22.4 Å². The highest BCUT2D eigenvalue weighted by atomic mass is 35.5. The molecule has 0 aliphatic rings. The van der Waals surface area contributed by atoms with Gasteiger partial charge in [-0.15, -0.1) is 10.2 Å². The van der Waals surface area contributed by atoms with Crippen molar-refractivity contribution >= 4 is 27.1 Å². The summed E-state index contributed by atoms with van der Waals surface area (Å²) in [4.78, 5) is 0. The molecule has 27 heavy (non-hydrogen) atoms. The molecule has 4 rings (SSSR count). The zero-order valence-corrected chi connectivity index (χ0v) is 16.2. The molecule has 0 aliphatic heterocycles. The van der Waals surface area contributed by atoms with Gasteiger partial charge in [-0.05, 0) is 24.6 Å². The summed E-state index contributed by atoms with van der Waals surface area (Å²) in [5.41, 5.74) is 3.87. The average Bonchev–Trinajstić information content (AvgIpc) is 2.96. The number of fused-ring (bicyclic) bond motifs is 1. The first-order chi connectivity index (χ1) is 12.9. The lowest BCUT2D eigenvalue weighted by atomic mass is 10.1. The summed E-state index contributed by atoms with van der Waals surface area (Å²) in [5, 5.41) is 13.3. The fraction of sp³-hybridized carbons (Fsp3) is 0.105. The van der Waals surface area contributed by atoms with Gasteiger partial charge >= 0.3 is 0 Å². The molecule has 0 atom stereocenters. The number of aromatic nitrogens is 4. The molecular weight excluding hydrogens is 384 g/mol. The van der Waals surface area contributed by atoms with Crippen LogP contribution in [0.2, 0.25) is 5.02 Å². The van der Waals surface area contributed by atoms with E-state index >= 15 is 0 Å². The van der Waals surface area contributed by atoms with Gasteiger partial charge in [0.2, 0.25) is 5.03 Å². The van der Waals surface area contributed by atoms with Crippen molar-refractivity contribution in [1.29, 1.82) is 0 Å². The zero-order chi connectivity index (χ0) is 19.2. The molecule has 0 saturated heterocycles. The molecule has 136 valence electrons. The van der Waals surface area contributed by atoms with Gasteiger partial charge in [-0.2, -0.15) is 5.10 Å². The predicted octanol–water partition coefficient (Wildman–Crippen LogP) is 3.82. The number of rotatable bonds is 3. The number of nitrogens with zero attached hydrogens (tertiary/aromatic N) is 4. The highest BCUT2D eigenvalue weighted by molar-refractivity contribution is 7.90. The summed E-state index contributed by atoms with van der Waals surface area (Å²) in [6.45, 7) is 1.85. The third kappa shape index (κ3) is 3.09. The van der Waals surface area contributed by atoms with Crippen molar-refractivity contribution in [3.63, 3.8) is 0 Å². The van der Waals surface area contributed by atoms with E-state index in [9.17, 15) is 8.42 Å². The van der Waals surface area contributed by atoms with Crippen molar-refractivity contribution in [2.24, 2.45) is 0 Å². The Bertz CT molecular complexity index is 1270. The number of hydrogen-bond donors (Lipinski definition) is 0. The molecule has 8 heteroatoms. The van der Waals surface area contributed by atoms with E-state index in [1.807, 2.05) is 55.5 Å². The number of hydrogen-bond acceptors (Lipinski definition) is 5. The van der Waals surface area contributed by atoms with E-state index in [-0.39, 0.29) is 5.03 Å². The molecule has 2 heterocycles. The van der Waals surface area contributed by atoms with Crippen LogP contribution >= 0.6 is 11.6 Å². The van der Waals surface area contributed by atoms with Crippen LogP contribution in [0.5, 0.6) is 0 Å². The van der Waals surface area contributed by atoms with Gasteiger partial charge in [0.05, 0.1) is 11.3 Å². The third-order valence-electron chi connectivity index (χ3n) is 4.20. The summed E-state index contributed by atoms with van der Waals surface area (Å²) in [5.74, 6) is 0. The number of aryl methyl sites for hydroxylation is 1. The van der Waals surface area contributed by atoms with Crippen LogP contribution in [0.25, 0.3) is 28.0 Å². The molecule has 2 aromatic heterocycles. The van der Waals surface area contributed by atoms with Gasteiger partial charge < -0.3 is 0 Å². The topological polar surface area (TPSA) is 77.2 Å². The lowest BCUT2D eigenvalue weighted by Gasteiger charge is -2.09. The fourth-order valence-corrected chi connectivity index (χ4v) is 4.00.